The minimum absolute atomic E-state index is 0.0456. The zero-order valence-electron chi connectivity index (χ0n) is 17.3. The number of carbonyl (C=O) groups is 1. The van der Waals surface area contributed by atoms with Crippen LogP contribution in [0, 0.1) is 13.8 Å². The van der Waals surface area contributed by atoms with Crippen molar-refractivity contribution in [1.82, 2.24) is 10.2 Å². The Bertz CT molecular complexity index is 780. The number of benzene rings is 2. The van der Waals surface area contributed by atoms with Crippen LogP contribution in [-0.2, 0) is 11.2 Å². The summed E-state index contributed by atoms with van der Waals surface area (Å²) in [5.74, 6) is 0.664. The van der Waals surface area contributed by atoms with Gasteiger partial charge in [0.2, 0.25) is 0 Å². The molecule has 0 aromatic heterocycles. The third-order valence-corrected chi connectivity index (χ3v) is 5.70. The van der Waals surface area contributed by atoms with E-state index in [4.69, 9.17) is 4.74 Å². The van der Waals surface area contributed by atoms with Crippen LogP contribution in [0.3, 0.4) is 0 Å². The third kappa shape index (κ3) is 5.35. The van der Waals surface area contributed by atoms with Crippen molar-refractivity contribution in [2.24, 2.45) is 0 Å². The summed E-state index contributed by atoms with van der Waals surface area (Å²) < 4.78 is 5.67. The lowest BCUT2D eigenvalue weighted by Gasteiger charge is -2.28. The second kappa shape index (κ2) is 9.74. The first-order chi connectivity index (χ1) is 13.6. The summed E-state index contributed by atoms with van der Waals surface area (Å²) in [5, 5.41) is 3.08. The molecule has 1 atom stereocenters. The topological polar surface area (TPSA) is 41.6 Å². The second-order valence-electron chi connectivity index (χ2n) is 7.69. The predicted octanol–water partition coefficient (Wildman–Crippen LogP) is 4.20. The van der Waals surface area contributed by atoms with E-state index in [9.17, 15) is 4.79 Å². The van der Waals surface area contributed by atoms with Gasteiger partial charge in [0.1, 0.15) is 5.75 Å². The molecule has 4 heteroatoms. The van der Waals surface area contributed by atoms with Gasteiger partial charge in [0, 0.05) is 6.54 Å². The Morgan fingerprint density at radius 2 is 1.79 bits per heavy atom. The lowest BCUT2D eigenvalue weighted by molar-refractivity contribution is -0.123. The summed E-state index contributed by atoms with van der Waals surface area (Å²) in [5.41, 5.74) is 5.01. The van der Waals surface area contributed by atoms with Gasteiger partial charge in [-0.2, -0.15) is 0 Å². The molecular formula is C24H32N2O2. The zero-order chi connectivity index (χ0) is 19.9. The van der Waals surface area contributed by atoms with Crippen molar-refractivity contribution in [3.63, 3.8) is 0 Å². The van der Waals surface area contributed by atoms with Crippen LogP contribution in [0.15, 0.2) is 42.5 Å². The molecule has 1 aliphatic rings. The molecule has 0 saturated carbocycles. The number of hydrogen-bond donors (Lipinski definition) is 1. The molecule has 4 nitrogen and oxygen atoms in total. The maximum absolute atomic E-state index is 12.4. The quantitative estimate of drug-likeness (QED) is 0.746. The minimum atomic E-state index is -0.0763. The average molecular weight is 381 g/mol. The molecule has 28 heavy (non-hydrogen) atoms. The van der Waals surface area contributed by atoms with E-state index < -0.39 is 0 Å². The first-order valence-electron chi connectivity index (χ1n) is 10.4. The predicted molar refractivity (Wildman–Crippen MR) is 114 cm³/mol. The monoisotopic (exact) mass is 380 g/mol. The molecular weight excluding hydrogens is 348 g/mol. The van der Waals surface area contributed by atoms with E-state index in [-0.39, 0.29) is 18.6 Å². The van der Waals surface area contributed by atoms with Gasteiger partial charge in [0.25, 0.3) is 5.91 Å². The van der Waals surface area contributed by atoms with E-state index in [1.807, 2.05) is 25.1 Å². The molecule has 1 fully saturated rings. The van der Waals surface area contributed by atoms with Crippen molar-refractivity contribution in [1.29, 1.82) is 0 Å². The molecule has 1 unspecified atom stereocenters. The maximum Gasteiger partial charge on any atom is 0.258 e. The number of rotatable bonds is 8. The van der Waals surface area contributed by atoms with Gasteiger partial charge in [-0.05, 0) is 80.6 Å². The number of likely N-dealkylation sites (tertiary alicyclic amines) is 1. The van der Waals surface area contributed by atoms with Gasteiger partial charge in [0.05, 0.1) is 6.04 Å². The highest BCUT2D eigenvalue weighted by Crippen LogP contribution is 2.25. The van der Waals surface area contributed by atoms with Gasteiger partial charge in [0.15, 0.2) is 6.61 Å². The number of carbonyl (C=O) groups excluding carboxylic acids is 1. The first-order valence-corrected chi connectivity index (χ1v) is 10.4. The van der Waals surface area contributed by atoms with Crippen molar-refractivity contribution >= 4 is 5.91 Å². The van der Waals surface area contributed by atoms with Crippen LogP contribution < -0.4 is 10.1 Å². The fourth-order valence-corrected chi connectivity index (χ4v) is 3.70. The van der Waals surface area contributed by atoms with E-state index in [0.717, 1.165) is 25.3 Å². The number of ether oxygens (including phenoxy) is 1. The molecule has 0 spiro atoms. The Kier molecular flexibility index (Phi) is 7.10. The Morgan fingerprint density at radius 1 is 1.07 bits per heavy atom. The van der Waals surface area contributed by atoms with Gasteiger partial charge < -0.3 is 10.1 Å². The standard InChI is InChI=1S/C24H32N2O2/c1-4-20-8-10-21(11-9-20)23(26-13-5-6-14-26)16-25-24(27)17-28-22-12-7-18(2)19(3)15-22/h7-12,15,23H,4-6,13-14,16-17H2,1-3H3,(H,25,27). The van der Waals surface area contributed by atoms with Crippen LogP contribution in [-0.4, -0.2) is 37.0 Å². The number of nitrogens with one attached hydrogen (secondary N) is 1. The molecule has 0 aliphatic carbocycles. The SMILES string of the molecule is CCc1ccc(C(CNC(=O)COc2ccc(C)c(C)c2)N2CCCC2)cc1. The van der Waals surface area contributed by atoms with Crippen LogP contribution in [0.2, 0.25) is 0 Å². The number of aryl methyl sites for hydroxylation is 3. The summed E-state index contributed by atoms with van der Waals surface area (Å²) in [6.07, 6.45) is 3.50. The zero-order valence-corrected chi connectivity index (χ0v) is 17.3. The highest BCUT2D eigenvalue weighted by Gasteiger charge is 2.24. The first kappa shape index (κ1) is 20.4. The highest BCUT2D eigenvalue weighted by molar-refractivity contribution is 5.77. The molecule has 1 saturated heterocycles. The van der Waals surface area contributed by atoms with E-state index in [0.29, 0.717) is 6.54 Å². The minimum Gasteiger partial charge on any atom is -0.484 e. The van der Waals surface area contributed by atoms with Crippen LogP contribution in [0.25, 0.3) is 0 Å². The molecule has 2 aromatic carbocycles. The van der Waals surface area contributed by atoms with E-state index in [2.05, 4.69) is 48.3 Å². The van der Waals surface area contributed by atoms with Crippen molar-refractivity contribution in [2.45, 2.75) is 46.1 Å². The summed E-state index contributed by atoms with van der Waals surface area (Å²) in [6.45, 7) is 9.13. The average Bonchev–Trinajstić information content (AvgIpc) is 3.24. The highest BCUT2D eigenvalue weighted by atomic mass is 16.5. The molecule has 150 valence electrons. The Labute approximate surface area is 168 Å². The van der Waals surface area contributed by atoms with Gasteiger partial charge in [-0.3, -0.25) is 9.69 Å². The smallest absolute Gasteiger partial charge is 0.258 e. The third-order valence-electron chi connectivity index (χ3n) is 5.70. The second-order valence-corrected chi connectivity index (χ2v) is 7.69. The number of amides is 1. The van der Waals surface area contributed by atoms with E-state index >= 15 is 0 Å². The van der Waals surface area contributed by atoms with Crippen LogP contribution in [0.5, 0.6) is 5.75 Å². The molecule has 1 heterocycles. The Balaban J connectivity index is 1.57. The van der Waals surface area contributed by atoms with Gasteiger partial charge in [-0.15, -0.1) is 0 Å². The van der Waals surface area contributed by atoms with Gasteiger partial charge in [-0.25, -0.2) is 0 Å². The van der Waals surface area contributed by atoms with Crippen molar-refractivity contribution in [2.75, 3.05) is 26.2 Å². The van der Waals surface area contributed by atoms with Crippen LogP contribution in [0.1, 0.15) is 48.1 Å². The van der Waals surface area contributed by atoms with Crippen molar-refractivity contribution < 1.29 is 9.53 Å². The molecule has 1 amide bonds. The van der Waals surface area contributed by atoms with Crippen molar-refractivity contribution in [3.8, 4) is 5.75 Å². The van der Waals surface area contributed by atoms with E-state index in [1.54, 1.807) is 0 Å². The van der Waals surface area contributed by atoms with Gasteiger partial charge >= 0.3 is 0 Å². The molecule has 0 bridgehead atoms. The molecule has 3 rings (SSSR count). The fourth-order valence-electron chi connectivity index (χ4n) is 3.70. The number of nitrogens with zero attached hydrogens (tertiary/aromatic N) is 1. The maximum atomic E-state index is 12.4. The fraction of sp³-hybridized carbons (Fsp3) is 0.458. The van der Waals surface area contributed by atoms with Crippen molar-refractivity contribution in [3.05, 3.63) is 64.7 Å². The van der Waals surface area contributed by atoms with Crippen LogP contribution in [0.4, 0.5) is 0 Å². The largest absolute Gasteiger partial charge is 0.484 e. The lowest BCUT2D eigenvalue weighted by Crippen LogP contribution is -2.38. The summed E-state index contributed by atoms with van der Waals surface area (Å²) in [6, 6.07) is 14.9. The summed E-state index contributed by atoms with van der Waals surface area (Å²) in [7, 11) is 0. The summed E-state index contributed by atoms with van der Waals surface area (Å²) in [4.78, 5) is 14.8. The van der Waals surface area contributed by atoms with E-state index in [1.165, 1.54) is 35.1 Å². The Hall–Kier alpha value is -2.33. The normalized spacial score (nSPS) is 15.4. The number of hydrogen-bond acceptors (Lipinski definition) is 3. The molecule has 1 aliphatic heterocycles. The lowest BCUT2D eigenvalue weighted by atomic mass is 10.0. The molecule has 2 aromatic rings. The van der Waals surface area contributed by atoms with Crippen LogP contribution >= 0.6 is 0 Å². The molecule has 0 radical (unpaired) electrons. The Morgan fingerprint density at radius 3 is 2.43 bits per heavy atom. The van der Waals surface area contributed by atoms with Gasteiger partial charge in [-0.1, -0.05) is 37.3 Å². The molecule has 1 N–H and O–H groups in total. The summed E-state index contributed by atoms with van der Waals surface area (Å²) >= 11 is 0.